The van der Waals surface area contributed by atoms with Gasteiger partial charge in [-0.15, -0.1) is 0 Å². The highest BCUT2D eigenvalue weighted by molar-refractivity contribution is 5.73. The topological polar surface area (TPSA) is 96.0 Å². The Morgan fingerprint density at radius 1 is 1.00 bits per heavy atom. The van der Waals surface area contributed by atoms with Crippen molar-refractivity contribution < 1.29 is 19.4 Å². The van der Waals surface area contributed by atoms with Crippen molar-refractivity contribution in [2.45, 2.75) is 51.4 Å². The number of aromatic nitrogens is 1. The zero-order chi connectivity index (χ0) is 26.7. The maximum atomic E-state index is 11.7. The van der Waals surface area contributed by atoms with Gasteiger partial charge in [0, 0.05) is 56.5 Å². The highest BCUT2D eigenvalue weighted by Gasteiger charge is 2.32. The van der Waals surface area contributed by atoms with Crippen LogP contribution in [0.1, 0.15) is 53.7 Å². The first-order chi connectivity index (χ1) is 18.5. The number of nitrogens with zero attached hydrogens (tertiary/aromatic N) is 2. The van der Waals surface area contributed by atoms with Crippen LogP contribution < -0.4 is 10.6 Å². The van der Waals surface area contributed by atoms with Crippen molar-refractivity contribution in [1.82, 2.24) is 20.5 Å². The molecular formula is C30H38N4O4. The summed E-state index contributed by atoms with van der Waals surface area (Å²) in [6.07, 6.45) is 2.78. The Morgan fingerprint density at radius 2 is 1.74 bits per heavy atom. The lowest BCUT2D eigenvalue weighted by molar-refractivity contribution is -0.252. The van der Waals surface area contributed by atoms with Crippen LogP contribution in [0.3, 0.4) is 0 Å². The van der Waals surface area contributed by atoms with E-state index in [9.17, 15) is 9.90 Å². The molecule has 0 bridgehead atoms. The van der Waals surface area contributed by atoms with Gasteiger partial charge in [0.15, 0.2) is 6.29 Å². The summed E-state index contributed by atoms with van der Waals surface area (Å²) in [5.41, 5.74) is 4.95. The van der Waals surface area contributed by atoms with Gasteiger partial charge in [0.05, 0.1) is 18.8 Å². The van der Waals surface area contributed by atoms with E-state index in [-0.39, 0.29) is 24.8 Å². The van der Waals surface area contributed by atoms with Crippen LogP contribution in [0.5, 0.6) is 0 Å². The van der Waals surface area contributed by atoms with E-state index < -0.39 is 6.29 Å². The van der Waals surface area contributed by atoms with Crippen molar-refractivity contribution in [3.8, 4) is 0 Å². The SMILES string of the molecule is CCNC(=O)NCc1ccc([C@@H]2O[C@H](CN(C)CCc3ccccn3)C[C@H](c3ccc(CO)cc3)O2)cc1. The van der Waals surface area contributed by atoms with Crippen LogP contribution in [-0.4, -0.2) is 53.8 Å². The molecule has 2 heterocycles. The largest absolute Gasteiger partial charge is 0.392 e. The highest BCUT2D eigenvalue weighted by Crippen LogP contribution is 2.38. The molecule has 1 aliphatic rings. The van der Waals surface area contributed by atoms with Crippen molar-refractivity contribution in [1.29, 1.82) is 0 Å². The van der Waals surface area contributed by atoms with Crippen molar-refractivity contribution >= 4 is 6.03 Å². The number of amides is 2. The predicted molar refractivity (Wildman–Crippen MR) is 146 cm³/mol. The number of hydrogen-bond donors (Lipinski definition) is 3. The van der Waals surface area contributed by atoms with Crippen molar-refractivity contribution in [3.63, 3.8) is 0 Å². The first kappa shape index (κ1) is 27.7. The fourth-order valence-electron chi connectivity index (χ4n) is 4.52. The second-order valence-electron chi connectivity index (χ2n) is 9.64. The molecule has 1 fully saturated rings. The standard InChI is InChI=1S/C30H38N4O4/c1-3-31-30(36)33-19-22-7-13-25(14-8-22)29-37-27(20-34(2)17-15-26-6-4-5-16-32-26)18-28(38-29)24-11-9-23(21-35)10-12-24/h4-14,16,27-29,35H,3,15,17-21H2,1-2H3,(H2,31,33,36)/t27-,28+,29+/m0/s1. The minimum Gasteiger partial charge on any atom is -0.392 e. The highest BCUT2D eigenvalue weighted by atomic mass is 16.7. The quantitative estimate of drug-likeness (QED) is 0.354. The minimum absolute atomic E-state index is 0.0164. The number of benzene rings is 2. The van der Waals surface area contributed by atoms with Gasteiger partial charge in [-0.25, -0.2) is 4.79 Å². The molecule has 0 radical (unpaired) electrons. The molecule has 2 amide bonds. The van der Waals surface area contributed by atoms with Crippen molar-refractivity contribution in [2.75, 3.05) is 26.7 Å². The van der Waals surface area contributed by atoms with Gasteiger partial charge in [-0.1, -0.05) is 54.6 Å². The second kappa shape index (κ2) is 14.0. The number of aliphatic hydroxyl groups excluding tert-OH is 1. The molecule has 3 atom stereocenters. The molecular weight excluding hydrogens is 480 g/mol. The van der Waals surface area contributed by atoms with Crippen LogP contribution in [-0.2, 0) is 29.0 Å². The van der Waals surface area contributed by atoms with E-state index in [0.29, 0.717) is 13.1 Å². The smallest absolute Gasteiger partial charge is 0.315 e. The fraction of sp³-hybridized carbons (Fsp3) is 0.400. The molecule has 0 unspecified atom stereocenters. The molecule has 2 aromatic carbocycles. The number of urea groups is 1. The number of pyridine rings is 1. The lowest BCUT2D eigenvalue weighted by Crippen LogP contribution is -2.38. The average Bonchev–Trinajstić information content (AvgIpc) is 2.96. The van der Waals surface area contributed by atoms with Crippen molar-refractivity contribution in [3.05, 3.63) is 101 Å². The van der Waals surface area contributed by atoms with Crippen LogP contribution in [0, 0.1) is 0 Å². The maximum Gasteiger partial charge on any atom is 0.315 e. The number of ether oxygens (including phenoxy) is 2. The van der Waals surface area contributed by atoms with Crippen LogP contribution in [0.25, 0.3) is 0 Å². The number of carbonyl (C=O) groups is 1. The molecule has 202 valence electrons. The Kier molecular flexibility index (Phi) is 10.2. The van der Waals surface area contributed by atoms with E-state index in [2.05, 4.69) is 33.6 Å². The summed E-state index contributed by atoms with van der Waals surface area (Å²) >= 11 is 0. The summed E-state index contributed by atoms with van der Waals surface area (Å²) in [4.78, 5) is 18.4. The Balaban J connectivity index is 1.43. The second-order valence-corrected chi connectivity index (χ2v) is 9.64. The summed E-state index contributed by atoms with van der Waals surface area (Å²) in [6.45, 7) is 4.59. The number of aliphatic hydroxyl groups is 1. The lowest BCUT2D eigenvalue weighted by Gasteiger charge is -2.38. The predicted octanol–water partition coefficient (Wildman–Crippen LogP) is 4.11. The molecule has 0 saturated carbocycles. The van der Waals surface area contributed by atoms with Gasteiger partial charge < -0.3 is 30.1 Å². The summed E-state index contributed by atoms with van der Waals surface area (Å²) in [5, 5.41) is 15.0. The van der Waals surface area contributed by atoms with Gasteiger partial charge in [0.25, 0.3) is 0 Å². The third kappa shape index (κ3) is 8.10. The van der Waals surface area contributed by atoms with Crippen LogP contribution >= 0.6 is 0 Å². The Labute approximate surface area is 225 Å². The first-order valence-electron chi connectivity index (χ1n) is 13.2. The molecule has 8 nitrogen and oxygen atoms in total. The van der Waals surface area contributed by atoms with Gasteiger partial charge in [0.2, 0.25) is 0 Å². The number of carbonyl (C=O) groups excluding carboxylic acids is 1. The molecule has 4 rings (SSSR count). The molecule has 0 aliphatic carbocycles. The maximum absolute atomic E-state index is 11.7. The van der Waals surface area contributed by atoms with Gasteiger partial charge in [-0.3, -0.25) is 4.98 Å². The third-order valence-electron chi connectivity index (χ3n) is 6.65. The molecule has 3 N–H and O–H groups in total. The molecule has 1 saturated heterocycles. The zero-order valence-electron chi connectivity index (χ0n) is 22.2. The monoisotopic (exact) mass is 518 g/mol. The molecule has 3 aromatic rings. The van der Waals surface area contributed by atoms with Crippen molar-refractivity contribution in [2.24, 2.45) is 0 Å². The Hall–Kier alpha value is -3.30. The average molecular weight is 519 g/mol. The number of rotatable bonds is 11. The minimum atomic E-state index is -0.508. The molecule has 8 heteroatoms. The van der Waals surface area contributed by atoms with Gasteiger partial charge in [0.1, 0.15) is 0 Å². The number of hydrogen-bond acceptors (Lipinski definition) is 6. The van der Waals surface area contributed by atoms with Crippen LogP contribution in [0.15, 0.2) is 72.9 Å². The Bertz CT molecular complexity index is 1130. The van der Waals surface area contributed by atoms with E-state index in [1.54, 1.807) is 0 Å². The fourth-order valence-corrected chi connectivity index (χ4v) is 4.52. The lowest BCUT2D eigenvalue weighted by atomic mass is 9.99. The summed E-state index contributed by atoms with van der Waals surface area (Å²) < 4.78 is 12.9. The van der Waals surface area contributed by atoms with Gasteiger partial charge in [-0.05, 0) is 42.8 Å². The third-order valence-corrected chi connectivity index (χ3v) is 6.65. The van der Waals surface area contributed by atoms with E-state index >= 15 is 0 Å². The van der Waals surface area contributed by atoms with E-state index in [1.165, 1.54) is 0 Å². The molecule has 38 heavy (non-hydrogen) atoms. The number of nitrogens with one attached hydrogen (secondary N) is 2. The summed E-state index contributed by atoms with van der Waals surface area (Å²) in [6, 6.07) is 21.7. The Morgan fingerprint density at radius 3 is 2.42 bits per heavy atom. The van der Waals surface area contributed by atoms with E-state index in [4.69, 9.17) is 9.47 Å². The van der Waals surface area contributed by atoms with Gasteiger partial charge in [-0.2, -0.15) is 0 Å². The van der Waals surface area contributed by atoms with E-state index in [1.807, 2.05) is 73.8 Å². The molecule has 0 spiro atoms. The van der Waals surface area contributed by atoms with Crippen LogP contribution in [0.4, 0.5) is 4.79 Å². The number of likely N-dealkylation sites (N-methyl/N-ethyl adjacent to an activating group) is 1. The zero-order valence-corrected chi connectivity index (χ0v) is 22.2. The molecule has 1 aliphatic heterocycles. The normalized spacial score (nSPS) is 19.3. The van der Waals surface area contributed by atoms with E-state index in [0.717, 1.165) is 53.9 Å². The first-order valence-corrected chi connectivity index (χ1v) is 13.2. The summed E-state index contributed by atoms with van der Waals surface area (Å²) in [5.74, 6) is 0. The summed E-state index contributed by atoms with van der Waals surface area (Å²) in [7, 11) is 2.11. The van der Waals surface area contributed by atoms with Crippen LogP contribution in [0.2, 0.25) is 0 Å². The molecule has 1 aromatic heterocycles. The van der Waals surface area contributed by atoms with Gasteiger partial charge >= 0.3 is 6.03 Å².